The summed E-state index contributed by atoms with van der Waals surface area (Å²) < 4.78 is 5.78. The Morgan fingerprint density at radius 3 is 0.625 bits per heavy atom. The van der Waals surface area contributed by atoms with Crippen molar-refractivity contribution in [3.05, 3.63) is 0 Å². The van der Waals surface area contributed by atoms with Crippen molar-refractivity contribution in [2.45, 2.75) is 0 Å². The van der Waals surface area contributed by atoms with Gasteiger partial charge in [0.2, 0.25) is 0 Å². The van der Waals surface area contributed by atoms with Crippen molar-refractivity contribution in [2.75, 3.05) is 56.4 Å². The van der Waals surface area contributed by atoms with E-state index < -0.39 is 0 Å². The van der Waals surface area contributed by atoms with Crippen molar-refractivity contribution in [3.8, 4) is 0 Å². The third kappa shape index (κ3) is 4.53. The molecule has 1 fully saturated rings. The second-order valence-corrected chi connectivity index (χ2v) is 26.7. The van der Waals surface area contributed by atoms with Crippen molar-refractivity contribution >= 4 is 39.4 Å². The van der Waals surface area contributed by atoms with Crippen LogP contribution in [0.15, 0.2) is 0 Å². The first-order valence-corrected chi connectivity index (χ1v) is 11.2. The van der Waals surface area contributed by atoms with Crippen LogP contribution in [0.1, 0.15) is 0 Å². The Labute approximate surface area is 111 Å². The van der Waals surface area contributed by atoms with E-state index >= 15 is 0 Å². The molecule has 0 saturated carbocycles. The molecule has 0 amide bonds. The van der Waals surface area contributed by atoms with Crippen LogP contribution in [0.2, 0.25) is 0 Å². The van der Waals surface area contributed by atoms with Gasteiger partial charge in [-0.3, -0.25) is 0 Å². The first-order chi connectivity index (χ1) is 6.83. The summed E-state index contributed by atoms with van der Waals surface area (Å²) in [4.78, 5) is 0. The molecule has 0 spiro atoms. The molecule has 1 aliphatic heterocycles. The van der Waals surface area contributed by atoms with E-state index in [1.165, 1.54) is 15.3 Å². The van der Waals surface area contributed by atoms with Gasteiger partial charge >= 0.3 is 39.4 Å². The Balaban J connectivity index is 2.98. The first kappa shape index (κ1) is 14.8. The number of rotatable bonds is 0. The topological polar surface area (TPSA) is 0 Å². The van der Waals surface area contributed by atoms with E-state index in [9.17, 15) is 0 Å². The lowest BCUT2D eigenvalue weighted by molar-refractivity contribution is -0.890. The molecule has 1 heterocycles. The van der Waals surface area contributed by atoms with Gasteiger partial charge < -0.3 is 15.3 Å². The molecule has 96 valence electrons. The molecule has 8 heteroatoms. The van der Waals surface area contributed by atoms with E-state index in [1.807, 2.05) is 0 Å². The highest BCUT2D eigenvalue weighted by atomic mass is 28.4. The van der Waals surface area contributed by atoms with E-state index in [0.717, 1.165) is 0 Å². The van der Waals surface area contributed by atoms with Crippen LogP contribution < -0.4 is 0 Å². The Kier molecular flexibility index (Phi) is 3.81. The van der Waals surface area contributed by atoms with Crippen LogP contribution in [0.4, 0.5) is 0 Å². The predicted octanol–water partition coefficient (Wildman–Crippen LogP) is -3.70. The number of quaternary nitrogens is 4. The summed E-state index contributed by atoms with van der Waals surface area (Å²) in [6.07, 6.45) is 0. The minimum Gasteiger partial charge on any atom is -0.365 e. The molecule has 0 aromatic rings. The monoisotopic (exact) mass is 296 g/mol. The van der Waals surface area contributed by atoms with Crippen molar-refractivity contribution in [3.63, 3.8) is 0 Å². The summed E-state index contributed by atoms with van der Waals surface area (Å²) in [5, 5.41) is 0. The molecule has 0 radical (unpaired) electrons. The van der Waals surface area contributed by atoms with Crippen LogP contribution in [0.3, 0.4) is 0 Å². The molecule has 0 atom stereocenters. The van der Waals surface area contributed by atoms with E-state index in [4.69, 9.17) is 0 Å². The minimum absolute atomic E-state index is 0.0408. The van der Waals surface area contributed by atoms with Gasteiger partial charge in [0.05, 0.1) is 0 Å². The zero-order chi connectivity index (χ0) is 12.8. The molecular formula is C8H32N4Si4+4. The van der Waals surface area contributed by atoms with Gasteiger partial charge in [0, 0.05) is 56.4 Å². The highest BCUT2D eigenvalue weighted by Gasteiger charge is 2.47. The maximum atomic E-state index is 2.52. The zero-order valence-corrected chi connectivity index (χ0v) is 18.3. The SMILES string of the molecule is C[N+]1(C)[SiH2][N+](C)(C)[SiH2][N+](C)(C)[SiH2][N+](C)(C)[SiH2]1. The predicted molar refractivity (Wildman–Crippen MR) is 82.6 cm³/mol. The summed E-state index contributed by atoms with van der Waals surface area (Å²) in [5.74, 6) is 0. The fourth-order valence-corrected chi connectivity index (χ4v) is 30.4. The van der Waals surface area contributed by atoms with Gasteiger partial charge in [0.15, 0.2) is 0 Å². The van der Waals surface area contributed by atoms with Gasteiger partial charge in [0.1, 0.15) is 0 Å². The Morgan fingerprint density at radius 2 is 0.500 bits per heavy atom. The highest BCUT2D eigenvalue weighted by molar-refractivity contribution is 6.47. The van der Waals surface area contributed by atoms with Gasteiger partial charge in [0.25, 0.3) is 0 Å². The number of hydrogen-bond donors (Lipinski definition) is 0. The molecule has 1 saturated heterocycles. The average molecular weight is 297 g/mol. The third-order valence-corrected chi connectivity index (χ3v) is 14.0. The summed E-state index contributed by atoms with van der Waals surface area (Å²) in [5.41, 5.74) is 0. The molecule has 0 aromatic carbocycles. The van der Waals surface area contributed by atoms with Gasteiger partial charge in [-0.05, 0) is 0 Å². The number of hydrogen-bond acceptors (Lipinski definition) is 0. The summed E-state index contributed by atoms with van der Waals surface area (Å²) in [6, 6.07) is 0. The van der Waals surface area contributed by atoms with Gasteiger partial charge in [-0.1, -0.05) is 0 Å². The second-order valence-electron chi connectivity index (χ2n) is 8.31. The fraction of sp³-hybridized carbons (Fsp3) is 1.00. The second kappa shape index (κ2) is 4.12. The van der Waals surface area contributed by atoms with Crippen LogP contribution in [0, 0.1) is 0 Å². The van der Waals surface area contributed by atoms with E-state index in [-0.39, 0.29) is 39.4 Å². The van der Waals surface area contributed by atoms with E-state index in [0.29, 0.717) is 0 Å². The highest BCUT2D eigenvalue weighted by Crippen LogP contribution is 2.13. The summed E-state index contributed by atoms with van der Waals surface area (Å²) in [6.45, 7) is 0. The molecule has 0 unspecified atom stereocenters. The van der Waals surface area contributed by atoms with Crippen molar-refractivity contribution in [1.82, 2.24) is 0 Å². The lowest BCUT2D eigenvalue weighted by Gasteiger charge is -2.50. The molecule has 1 rings (SSSR count). The lowest BCUT2D eigenvalue weighted by Crippen LogP contribution is -2.78. The maximum Gasteiger partial charge on any atom is 0.466 e. The maximum absolute atomic E-state index is 2.52. The first-order valence-electron chi connectivity index (χ1n) is 6.11. The largest absolute Gasteiger partial charge is 0.466 e. The lowest BCUT2D eigenvalue weighted by atomic mass is 11.2. The Morgan fingerprint density at radius 1 is 0.375 bits per heavy atom. The van der Waals surface area contributed by atoms with Crippen molar-refractivity contribution in [2.24, 2.45) is 0 Å². The standard InChI is InChI=1S/C8H32N4Si4/c1-9(2)13-10(3,4)15-12(7,8)16-11(5,6)14-9/h13-16H2,1-8H3/q+4. The molecule has 0 N–H and O–H groups in total. The molecule has 0 aromatic heterocycles. The molecular weight excluding hydrogens is 264 g/mol. The van der Waals surface area contributed by atoms with E-state index in [2.05, 4.69) is 56.4 Å². The normalized spacial score (nSPS) is 37.5. The van der Waals surface area contributed by atoms with Crippen LogP contribution in [0.25, 0.3) is 0 Å². The average Bonchev–Trinajstić information content (AvgIpc) is 1.67. The Bertz CT molecular complexity index is 205. The summed E-state index contributed by atoms with van der Waals surface area (Å²) in [7, 11) is 20.0. The van der Waals surface area contributed by atoms with E-state index in [1.54, 1.807) is 0 Å². The molecule has 4 nitrogen and oxygen atoms in total. The Hall–Kier alpha value is 0.708. The van der Waals surface area contributed by atoms with Crippen molar-refractivity contribution in [1.29, 1.82) is 0 Å². The van der Waals surface area contributed by atoms with Gasteiger partial charge in [-0.2, -0.15) is 0 Å². The molecule has 0 bridgehead atoms. The molecule has 0 aliphatic carbocycles. The van der Waals surface area contributed by atoms with Crippen LogP contribution >= 0.6 is 0 Å². The third-order valence-electron chi connectivity index (χ3n) is 3.06. The fourth-order valence-electron chi connectivity index (χ4n) is 4.32. The quantitative estimate of drug-likeness (QED) is 0.404. The van der Waals surface area contributed by atoms with Gasteiger partial charge in [-0.25, -0.2) is 0 Å². The van der Waals surface area contributed by atoms with Gasteiger partial charge in [-0.15, -0.1) is 0 Å². The zero-order valence-electron chi connectivity index (χ0n) is 12.6. The number of nitrogens with zero attached hydrogens (tertiary/aromatic N) is 4. The van der Waals surface area contributed by atoms with Crippen LogP contribution in [0.5, 0.6) is 0 Å². The smallest absolute Gasteiger partial charge is 0.365 e. The van der Waals surface area contributed by atoms with Crippen molar-refractivity contribution < 1.29 is 15.3 Å². The van der Waals surface area contributed by atoms with Crippen LogP contribution in [-0.2, 0) is 0 Å². The molecule has 1 aliphatic rings. The summed E-state index contributed by atoms with van der Waals surface area (Å²) >= 11 is 0. The minimum atomic E-state index is -0.0408. The van der Waals surface area contributed by atoms with Crippen LogP contribution in [-0.4, -0.2) is 111 Å². The molecule has 16 heavy (non-hydrogen) atoms.